The maximum Gasteiger partial charge on any atom is 0.302 e. The number of rotatable bonds is 13. The molecule has 2 aromatic rings. The fourth-order valence-corrected chi connectivity index (χ4v) is 9.39. The van der Waals surface area contributed by atoms with Crippen LogP contribution in [0.15, 0.2) is 65.8 Å². The summed E-state index contributed by atoms with van der Waals surface area (Å²) in [4.78, 5) is 15.2. The average Bonchev–Trinajstić information content (AvgIpc) is 3.10. The number of esters is 1. The topological polar surface area (TPSA) is 140 Å². The van der Waals surface area contributed by atoms with Crippen LogP contribution in [0, 0.1) is 17.8 Å². The van der Waals surface area contributed by atoms with E-state index in [1.54, 1.807) is 0 Å². The Morgan fingerprint density at radius 2 is 1.65 bits per heavy atom. The molecule has 0 radical (unpaired) electrons. The van der Waals surface area contributed by atoms with Gasteiger partial charge in [0.2, 0.25) is 0 Å². The zero-order chi connectivity index (χ0) is 36.9. The number of fused-ring (bicyclic) bond motifs is 1. The number of azide groups is 1. The Hall–Kier alpha value is -2.84. The SMILES string of the molecule is CC(=O)OCC1O[C@@H](O[Si](C)(C)C(C)(C)C(C)C)C(N=[N+]=[N-])[C@@H](C)[C@@H]1O[C@@H]1OC2COC(c3ccccc3)O[C@H]2[C@@H](OCc2ccccc2)[C@H]1C. The van der Waals surface area contributed by atoms with Gasteiger partial charge in [0.1, 0.15) is 24.9 Å². The van der Waals surface area contributed by atoms with Gasteiger partial charge in [0, 0.05) is 23.3 Å². The fourth-order valence-electron chi connectivity index (χ4n) is 6.92. The predicted molar refractivity (Wildman–Crippen MR) is 193 cm³/mol. The van der Waals surface area contributed by atoms with Gasteiger partial charge in [-0.25, -0.2) is 0 Å². The van der Waals surface area contributed by atoms with Gasteiger partial charge >= 0.3 is 5.97 Å². The van der Waals surface area contributed by atoms with Gasteiger partial charge in [-0.3, -0.25) is 4.79 Å². The van der Waals surface area contributed by atoms with Gasteiger partial charge < -0.3 is 37.6 Å². The van der Waals surface area contributed by atoms with Gasteiger partial charge in [-0.15, -0.1) is 0 Å². The van der Waals surface area contributed by atoms with E-state index in [1.165, 1.54) is 6.92 Å². The van der Waals surface area contributed by atoms with Gasteiger partial charge in [-0.1, -0.05) is 107 Å². The number of carbonyl (C=O) groups is 1. The minimum atomic E-state index is -2.45. The predicted octanol–water partition coefficient (Wildman–Crippen LogP) is 7.69. The summed E-state index contributed by atoms with van der Waals surface area (Å²) < 4.78 is 51.8. The molecule has 0 amide bonds. The summed E-state index contributed by atoms with van der Waals surface area (Å²) in [6.07, 6.45) is -4.99. The van der Waals surface area contributed by atoms with Gasteiger partial charge in [0.15, 0.2) is 27.2 Å². The monoisotopic (exact) mass is 725 g/mol. The van der Waals surface area contributed by atoms with Crippen molar-refractivity contribution in [1.82, 2.24) is 0 Å². The van der Waals surface area contributed by atoms with Crippen molar-refractivity contribution >= 4 is 14.3 Å². The maximum atomic E-state index is 12.0. The largest absolute Gasteiger partial charge is 0.463 e. The molecule has 0 N–H and O–H groups in total. The number of hydrogen-bond donors (Lipinski definition) is 0. The number of hydrogen-bond acceptors (Lipinski definition) is 10. The second-order valence-corrected chi connectivity index (χ2v) is 19.9. The van der Waals surface area contributed by atoms with Crippen molar-refractivity contribution in [2.45, 2.75) is 129 Å². The van der Waals surface area contributed by atoms with E-state index in [0.29, 0.717) is 12.5 Å². The number of nitrogens with zero attached hydrogens (tertiary/aromatic N) is 3. The van der Waals surface area contributed by atoms with E-state index in [1.807, 2.05) is 74.5 Å². The van der Waals surface area contributed by atoms with Gasteiger partial charge in [0.25, 0.3) is 0 Å². The van der Waals surface area contributed by atoms with E-state index in [9.17, 15) is 10.3 Å². The molecule has 0 aromatic heterocycles. The molecule has 3 aliphatic heterocycles. The van der Waals surface area contributed by atoms with Crippen molar-refractivity contribution in [3.8, 4) is 0 Å². The van der Waals surface area contributed by atoms with Crippen LogP contribution in [0.5, 0.6) is 0 Å². The molecular formula is C38H55N3O9Si. The van der Waals surface area contributed by atoms with Crippen LogP contribution in [0.3, 0.4) is 0 Å². The summed E-state index contributed by atoms with van der Waals surface area (Å²) in [5.41, 5.74) is 11.6. The summed E-state index contributed by atoms with van der Waals surface area (Å²) in [7, 11) is -2.45. The number of carbonyl (C=O) groups excluding carboxylic acids is 1. The Morgan fingerprint density at radius 1 is 0.980 bits per heavy atom. The van der Waals surface area contributed by atoms with E-state index in [-0.39, 0.29) is 24.2 Å². The van der Waals surface area contributed by atoms with Crippen LogP contribution in [0.1, 0.15) is 65.9 Å². The van der Waals surface area contributed by atoms with E-state index >= 15 is 0 Å². The lowest BCUT2D eigenvalue weighted by Gasteiger charge is -2.52. The molecule has 0 spiro atoms. The molecule has 0 bridgehead atoms. The van der Waals surface area contributed by atoms with Crippen molar-refractivity contribution in [3.05, 3.63) is 82.2 Å². The number of ether oxygens (including phenoxy) is 7. The Kier molecular flexibility index (Phi) is 13.0. The first-order valence-corrected chi connectivity index (χ1v) is 20.9. The zero-order valence-electron chi connectivity index (χ0n) is 31.3. The van der Waals surface area contributed by atoms with Crippen LogP contribution in [0.2, 0.25) is 18.1 Å². The second kappa shape index (κ2) is 16.9. The summed E-state index contributed by atoms with van der Waals surface area (Å²) in [5.74, 6) is -0.811. The van der Waals surface area contributed by atoms with Gasteiger partial charge in [-0.2, -0.15) is 0 Å². The summed E-state index contributed by atoms with van der Waals surface area (Å²) in [6, 6.07) is 19.1. The Bertz CT molecular complexity index is 1480. The molecule has 13 heteroatoms. The van der Waals surface area contributed by atoms with Crippen LogP contribution >= 0.6 is 0 Å². The van der Waals surface area contributed by atoms with Crippen LogP contribution in [-0.4, -0.2) is 76.6 Å². The zero-order valence-corrected chi connectivity index (χ0v) is 32.3. The van der Waals surface area contributed by atoms with Crippen LogP contribution in [0.25, 0.3) is 10.4 Å². The number of benzene rings is 2. The summed E-state index contributed by atoms with van der Waals surface area (Å²) >= 11 is 0. The van der Waals surface area contributed by atoms with Crippen LogP contribution in [-0.2, 0) is 49.0 Å². The normalized spacial score (nSPS) is 32.9. The molecule has 12 nitrogen and oxygen atoms in total. The fraction of sp³-hybridized carbons (Fsp3) is 0.658. The smallest absolute Gasteiger partial charge is 0.302 e. The quantitative estimate of drug-likeness (QED) is 0.0668. The molecule has 2 aromatic carbocycles. The molecule has 3 fully saturated rings. The Morgan fingerprint density at radius 3 is 2.27 bits per heavy atom. The second-order valence-electron chi connectivity index (χ2n) is 15.3. The standard InChI is InChI=1S/C38H55N3O9Si/c1-23(2)38(6,7)51(8,9)50-37-31(40-41-39)24(3)32(29(47-37)21-43-26(5)42)48-35-25(4)33(44-20-27-16-12-10-13-17-27)34-30(46-35)22-45-36(49-34)28-18-14-11-15-19-28/h10-19,23-25,29-37H,20-22H2,1-9H3/t24-,25-,29?,30?,31?,32+,33+,34-,35+,36?,37+/m1/s1. The molecule has 3 saturated heterocycles. The van der Waals surface area contributed by atoms with E-state index in [2.05, 4.69) is 50.8 Å². The van der Waals surface area contributed by atoms with E-state index < -0.39 is 75.6 Å². The van der Waals surface area contributed by atoms with Crippen molar-refractivity contribution in [1.29, 1.82) is 0 Å². The molecule has 0 aliphatic carbocycles. The molecule has 3 heterocycles. The molecule has 4 unspecified atom stereocenters. The van der Waals surface area contributed by atoms with Crippen molar-refractivity contribution in [2.24, 2.45) is 22.9 Å². The molecule has 51 heavy (non-hydrogen) atoms. The van der Waals surface area contributed by atoms with E-state index in [0.717, 1.165) is 11.1 Å². The van der Waals surface area contributed by atoms with E-state index in [4.69, 9.17) is 37.6 Å². The molecule has 5 rings (SSSR count). The highest BCUT2D eigenvalue weighted by Crippen LogP contribution is 2.47. The van der Waals surface area contributed by atoms with Crippen molar-refractivity contribution in [2.75, 3.05) is 13.2 Å². The third kappa shape index (κ3) is 9.04. The minimum absolute atomic E-state index is 0.0746. The first-order chi connectivity index (χ1) is 24.2. The highest BCUT2D eigenvalue weighted by atomic mass is 28.4. The lowest BCUT2D eigenvalue weighted by molar-refractivity contribution is -0.372. The van der Waals surface area contributed by atoms with Crippen molar-refractivity contribution < 1.29 is 42.4 Å². The molecule has 3 aliphatic rings. The summed E-state index contributed by atoms with van der Waals surface area (Å²) in [5, 5.41) is 4.06. The van der Waals surface area contributed by atoms with Crippen molar-refractivity contribution in [3.63, 3.8) is 0 Å². The molecule has 0 saturated carbocycles. The highest BCUT2D eigenvalue weighted by molar-refractivity contribution is 6.74. The summed E-state index contributed by atoms with van der Waals surface area (Å²) in [6.45, 7) is 18.9. The molecular weight excluding hydrogens is 671 g/mol. The molecule has 11 atom stereocenters. The Balaban J connectivity index is 1.41. The lowest BCUT2D eigenvalue weighted by atomic mass is 9.88. The minimum Gasteiger partial charge on any atom is -0.463 e. The van der Waals surface area contributed by atoms with Gasteiger partial charge in [-0.05, 0) is 41.1 Å². The maximum absolute atomic E-state index is 12.0. The highest BCUT2D eigenvalue weighted by Gasteiger charge is 2.54. The third-order valence-corrected chi connectivity index (χ3v) is 15.8. The first-order valence-electron chi connectivity index (χ1n) is 18.0. The molecule has 280 valence electrons. The van der Waals surface area contributed by atoms with Gasteiger partial charge in [0.05, 0.1) is 31.5 Å². The lowest BCUT2D eigenvalue weighted by Crippen LogP contribution is -2.63. The average molecular weight is 726 g/mol. The first kappa shape index (κ1) is 39.4. The third-order valence-electron chi connectivity index (χ3n) is 11.3. The Labute approximate surface area is 303 Å². The van der Waals surface area contributed by atoms with Crippen LogP contribution in [0.4, 0.5) is 0 Å². The van der Waals surface area contributed by atoms with Crippen LogP contribution < -0.4 is 0 Å².